The summed E-state index contributed by atoms with van der Waals surface area (Å²) in [5.41, 5.74) is 4.35. The molecule has 0 unspecified atom stereocenters. The Morgan fingerprint density at radius 2 is 1.91 bits per heavy atom. The Morgan fingerprint density at radius 1 is 1.06 bits per heavy atom. The number of carbonyl (C=O) groups excluding carboxylic acids is 1. The van der Waals surface area contributed by atoms with Crippen molar-refractivity contribution in [2.45, 2.75) is 25.9 Å². The molecule has 4 rings (SSSR count). The second kappa shape index (κ2) is 10.7. The molecule has 1 amide bonds. The van der Waals surface area contributed by atoms with Crippen LogP contribution in [-0.4, -0.2) is 31.2 Å². The fourth-order valence-corrected chi connectivity index (χ4v) is 3.76. The van der Waals surface area contributed by atoms with E-state index in [0.717, 1.165) is 45.7 Å². The van der Waals surface area contributed by atoms with E-state index in [4.69, 9.17) is 13.9 Å². The highest BCUT2D eigenvalue weighted by atomic mass is 16.5. The number of methoxy groups -OCH3 is 1. The van der Waals surface area contributed by atoms with Crippen LogP contribution in [0, 0.1) is 0 Å². The summed E-state index contributed by atoms with van der Waals surface area (Å²) in [5, 5.41) is 4.14. The van der Waals surface area contributed by atoms with Gasteiger partial charge in [-0.2, -0.15) is 0 Å². The van der Waals surface area contributed by atoms with Gasteiger partial charge in [0.05, 0.1) is 13.4 Å². The lowest BCUT2D eigenvalue weighted by Gasteiger charge is -2.08. The van der Waals surface area contributed by atoms with Crippen LogP contribution in [0.3, 0.4) is 0 Å². The lowest BCUT2D eigenvalue weighted by Crippen LogP contribution is -2.25. The Labute approximate surface area is 187 Å². The number of rotatable bonds is 11. The maximum absolute atomic E-state index is 12.4. The Kier molecular flexibility index (Phi) is 7.25. The van der Waals surface area contributed by atoms with Crippen molar-refractivity contribution in [2.24, 2.45) is 0 Å². The molecule has 2 aromatic heterocycles. The number of amides is 1. The van der Waals surface area contributed by atoms with E-state index in [9.17, 15) is 4.79 Å². The first kappa shape index (κ1) is 21.7. The molecule has 0 saturated carbocycles. The van der Waals surface area contributed by atoms with Gasteiger partial charge in [0.15, 0.2) is 0 Å². The lowest BCUT2D eigenvalue weighted by atomic mass is 10.0. The third kappa shape index (κ3) is 5.39. The standard InChI is InChI=1S/C26H28N2O4/c1-30-20-11-9-19(10-12-20)26-23(22-7-2-3-8-24(22)28-26)13-14-25(29)27-15-5-16-31-18-21-6-4-17-32-21/h2-4,6-12,17,28H,5,13-16,18H2,1H3,(H,27,29). The zero-order chi connectivity index (χ0) is 22.2. The minimum atomic E-state index is 0.0435. The molecule has 32 heavy (non-hydrogen) atoms. The number of aryl methyl sites for hydroxylation is 1. The molecular formula is C26H28N2O4. The average molecular weight is 433 g/mol. The van der Waals surface area contributed by atoms with Crippen LogP contribution in [0.1, 0.15) is 24.2 Å². The number of H-pyrrole nitrogens is 1. The third-order valence-corrected chi connectivity index (χ3v) is 5.41. The Morgan fingerprint density at radius 3 is 2.69 bits per heavy atom. The van der Waals surface area contributed by atoms with Gasteiger partial charge in [-0.3, -0.25) is 4.79 Å². The SMILES string of the molecule is COc1ccc(-c2[nH]c3ccccc3c2CCC(=O)NCCCOCc2ccco2)cc1. The van der Waals surface area contributed by atoms with Crippen molar-refractivity contribution in [3.8, 4) is 17.0 Å². The Bertz CT molecular complexity index is 1130. The molecule has 6 heteroatoms. The van der Waals surface area contributed by atoms with Crippen molar-refractivity contribution in [3.63, 3.8) is 0 Å². The van der Waals surface area contributed by atoms with E-state index in [0.29, 0.717) is 32.6 Å². The van der Waals surface area contributed by atoms with E-state index >= 15 is 0 Å². The number of ether oxygens (including phenoxy) is 2. The summed E-state index contributed by atoms with van der Waals surface area (Å²) in [6.45, 7) is 1.62. The Hall–Kier alpha value is -3.51. The topological polar surface area (TPSA) is 76.5 Å². The van der Waals surface area contributed by atoms with E-state index in [1.807, 2.05) is 48.5 Å². The normalized spacial score (nSPS) is 11.0. The first-order chi connectivity index (χ1) is 15.7. The van der Waals surface area contributed by atoms with Gasteiger partial charge in [-0.15, -0.1) is 0 Å². The molecular weight excluding hydrogens is 404 g/mol. The molecule has 2 aromatic carbocycles. The van der Waals surface area contributed by atoms with E-state index in [2.05, 4.69) is 22.4 Å². The minimum absolute atomic E-state index is 0.0435. The van der Waals surface area contributed by atoms with Crippen molar-refractivity contribution >= 4 is 16.8 Å². The van der Waals surface area contributed by atoms with Gasteiger partial charge in [-0.05, 0) is 66.4 Å². The summed E-state index contributed by atoms with van der Waals surface area (Å²) in [6.07, 6.45) is 3.48. The van der Waals surface area contributed by atoms with Crippen LogP contribution < -0.4 is 10.1 Å². The maximum Gasteiger partial charge on any atom is 0.220 e. The molecule has 0 fully saturated rings. The summed E-state index contributed by atoms with van der Waals surface area (Å²) >= 11 is 0. The van der Waals surface area contributed by atoms with Gasteiger partial charge in [-0.25, -0.2) is 0 Å². The summed E-state index contributed by atoms with van der Waals surface area (Å²) in [6, 6.07) is 19.9. The van der Waals surface area contributed by atoms with Crippen molar-refractivity contribution in [1.82, 2.24) is 10.3 Å². The molecule has 166 valence electrons. The second-order valence-corrected chi connectivity index (χ2v) is 7.59. The van der Waals surface area contributed by atoms with Gasteiger partial charge in [0.25, 0.3) is 0 Å². The number of hydrogen-bond donors (Lipinski definition) is 2. The smallest absolute Gasteiger partial charge is 0.220 e. The number of aromatic amines is 1. The summed E-state index contributed by atoms with van der Waals surface area (Å²) in [4.78, 5) is 16.0. The van der Waals surface area contributed by atoms with Crippen LogP contribution in [0.2, 0.25) is 0 Å². The highest BCUT2D eigenvalue weighted by molar-refractivity contribution is 5.91. The highest BCUT2D eigenvalue weighted by Crippen LogP contribution is 2.32. The predicted molar refractivity (Wildman–Crippen MR) is 125 cm³/mol. The number of hydrogen-bond acceptors (Lipinski definition) is 4. The number of fused-ring (bicyclic) bond motifs is 1. The largest absolute Gasteiger partial charge is 0.497 e. The summed E-state index contributed by atoms with van der Waals surface area (Å²) < 4.78 is 16.1. The van der Waals surface area contributed by atoms with Gasteiger partial charge in [-0.1, -0.05) is 18.2 Å². The van der Waals surface area contributed by atoms with Crippen molar-refractivity contribution in [3.05, 3.63) is 78.3 Å². The van der Waals surface area contributed by atoms with Crippen molar-refractivity contribution < 1.29 is 18.7 Å². The quantitative estimate of drug-likeness (QED) is 0.324. The summed E-state index contributed by atoms with van der Waals surface area (Å²) in [5.74, 6) is 1.67. The predicted octanol–water partition coefficient (Wildman–Crippen LogP) is 5.09. The summed E-state index contributed by atoms with van der Waals surface area (Å²) in [7, 11) is 1.66. The van der Waals surface area contributed by atoms with E-state index in [-0.39, 0.29) is 5.91 Å². The van der Waals surface area contributed by atoms with Gasteiger partial charge >= 0.3 is 0 Å². The van der Waals surface area contributed by atoms with Crippen molar-refractivity contribution in [1.29, 1.82) is 0 Å². The fourth-order valence-electron chi connectivity index (χ4n) is 3.76. The molecule has 0 bridgehead atoms. The monoisotopic (exact) mass is 432 g/mol. The molecule has 2 heterocycles. The first-order valence-corrected chi connectivity index (χ1v) is 10.9. The van der Waals surface area contributed by atoms with E-state index in [1.54, 1.807) is 13.4 Å². The molecule has 0 aliphatic carbocycles. The van der Waals surface area contributed by atoms with Crippen LogP contribution in [0.25, 0.3) is 22.2 Å². The average Bonchev–Trinajstić information content (AvgIpc) is 3.48. The van der Waals surface area contributed by atoms with Gasteiger partial charge in [0.1, 0.15) is 18.1 Å². The maximum atomic E-state index is 12.4. The van der Waals surface area contributed by atoms with Gasteiger partial charge < -0.3 is 24.2 Å². The third-order valence-electron chi connectivity index (χ3n) is 5.41. The molecule has 0 aliphatic heterocycles. The molecule has 0 aliphatic rings. The minimum Gasteiger partial charge on any atom is -0.497 e. The van der Waals surface area contributed by atoms with Gasteiger partial charge in [0.2, 0.25) is 5.91 Å². The number of para-hydroxylation sites is 1. The first-order valence-electron chi connectivity index (χ1n) is 10.9. The molecule has 6 nitrogen and oxygen atoms in total. The van der Waals surface area contributed by atoms with Crippen molar-refractivity contribution in [2.75, 3.05) is 20.3 Å². The van der Waals surface area contributed by atoms with Crippen LogP contribution in [-0.2, 0) is 22.6 Å². The fraction of sp³-hybridized carbons (Fsp3) is 0.269. The zero-order valence-electron chi connectivity index (χ0n) is 18.2. The molecule has 2 N–H and O–H groups in total. The van der Waals surface area contributed by atoms with E-state index in [1.165, 1.54) is 0 Å². The zero-order valence-corrected chi connectivity index (χ0v) is 18.2. The highest BCUT2D eigenvalue weighted by Gasteiger charge is 2.14. The van der Waals surface area contributed by atoms with Crippen LogP contribution in [0.5, 0.6) is 5.75 Å². The Balaban J connectivity index is 1.32. The van der Waals surface area contributed by atoms with Crippen LogP contribution in [0.4, 0.5) is 0 Å². The molecule has 0 saturated heterocycles. The van der Waals surface area contributed by atoms with Crippen LogP contribution >= 0.6 is 0 Å². The second-order valence-electron chi connectivity index (χ2n) is 7.59. The number of furan rings is 1. The number of carbonyl (C=O) groups is 1. The molecule has 0 spiro atoms. The van der Waals surface area contributed by atoms with Gasteiger partial charge in [0, 0.05) is 36.2 Å². The molecule has 4 aromatic rings. The molecule has 0 radical (unpaired) electrons. The number of benzene rings is 2. The number of nitrogens with one attached hydrogen (secondary N) is 2. The lowest BCUT2D eigenvalue weighted by molar-refractivity contribution is -0.121. The molecule has 0 atom stereocenters. The van der Waals surface area contributed by atoms with E-state index < -0.39 is 0 Å². The number of aromatic nitrogens is 1. The van der Waals surface area contributed by atoms with Crippen LogP contribution in [0.15, 0.2) is 71.3 Å².